The van der Waals surface area contributed by atoms with Gasteiger partial charge < -0.3 is 9.47 Å². The van der Waals surface area contributed by atoms with Crippen molar-refractivity contribution in [3.05, 3.63) is 29.8 Å². The Hall–Kier alpha value is -1.35. The highest BCUT2D eigenvalue weighted by atomic mass is 16.5. The summed E-state index contributed by atoms with van der Waals surface area (Å²) in [4.78, 5) is 11.4. The van der Waals surface area contributed by atoms with Gasteiger partial charge in [-0.25, -0.2) is 0 Å². The maximum Gasteiger partial charge on any atom is 0.162 e. The molecule has 0 radical (unpaired) electrons. The van der Waals surface area contributed by atoms with Gasteiger partial charge in [0.25, 0.3) is 0 Å². The zero-order valence-corrected chi connectivity index (χ0v) is 10.0. The van der Waals surface area contributed by atoms with Gasteiger partial charge in [-0.15, -0.1) is 0 Å². The summed E-state index contributed by atoms with van der Waals surface area (Å²) >= 11 is 0. The second-order valence-electron chi connectivity index (χ2n) is 3.66. The molecule has 0 aliphatic carbocycles. The van der Waals surface area contributed by atoms with E-state index in [1.165, 1.54) is 0 Å². The molecular formula is C13H18O3. The van der Waals surface area contributed by atoms with Crippen molar-refractivity contribution < 1.29 is 14.3 Å². The van der Waals surface area contributed by atoms with Crippen LogP contribution in [0.2, 0.25) is 0 Å². The lowest BCUT2D eigenvalue weighted by atomic mass is 10.1. The van der Waals surface area contributed by atoms with E-state index in [9.17, 15) is 4.79 Å². The molecular weight excluding hydrogens is 204 g/mol. The van der Waals surface area contributed by atoms with Crippen LogP contribution in [0.4, 0.5) is 0 Å². The van der Waals surface area contributed by atoms with Crippen molar-refractivity contribution >= 4 is 5.78 Å². The van der Waals surface area contributed by atoms with Crippen LogP contribution in [-0.4, -0.2) is 25.6 Å². The molecule has 0 N–H and O–H groups in total. The molecule has 0 amide bonds. The number of carbonyl (C=O) groups is 1. The average molecular weight is 222 g/mol. The van der Waals surface area contributed by atoms with E-state index in [1.807, 2.05) is 26.0 Å². The van der Waals surface area contributed by atoms with E-state index in [0.29, 0.717) is 13.0 Å². The van der Waals surface area contributed by atoms with E-state index >= 15 is 0 Å². The minimum Gasteiger partial charge on any atom is -0.491 e. The number of methoxy groups -OCH3 is 1. The molecule has 88 valence electrons. The van der Waals surface area contributed by atoms with E-state index < -0.39 is 0 Å². The third kappa shape index (κ3) is 3.66. The predicted octanol–water partition coefficient (Wildman–Crippen LogP) is 2.69. The van der Waals surface area contributed by atoms with Crippen LogP contribution in [0.1, 0.15) is 30.6 Å². The van der Waals surface area contributed by atoms with Crippen LogP contribution >= 0.6 is 0 Å². The molecule has 0 heterocycles. The summed E-state index contributed by atoms with van der Waals surface area (Å²) in [6.45, 7) is 4.31. The van der Waals surface area contributed by atoms with Crippen LogP contribution in [0.25, 0.3) is 0 Å². The quantitative estimate of drug-likeness (QED) is 0.694. The van der Waals surface area contributed by atoms with Crippen LogP contribution in [0.5, 0.6) is 5.75 Å². The number of hydrogen-bond acceptors (Lipinski definition) is 3. The lowest BCUT2D eigenvalue weighted by Gasteiger charge is -2.11. The molecule has 0 aliphatic rings. The monoisotopic (exact) mass is 222 g/mol. The van der Waals surface area contributed by atoms with Gasteiger partial charge in [0.15, 0.2) is 5.78 Å². The third-order valence-corrected chi connectivity index (χ3v) is 2.38. The lowest BCUT2D eigenvalue weighted by molar-refractivity contribution is 0.0716. The summed E-state index contributed by atoms with van der Waals surface area (Å²) in [7, 11) is 1.65. The highest BCUT2D eigenvalue weighted by Gasteiger charge is 2.04. The Morgan fingerprint density at radius 1 is 1.31 bits per heavy atom. The second-order valence-corrected chi connectivity index (χ2v) is 3.66. The van der Waals surface area contributed by atoms with Crippen LogP contribution in [-0.2, 0) is 4.74 Å². The fraction of sp³-hybridized carbons (Fsp3) is 0.462. The Labute approximate surface area is 96.4 Å². The zero-order valence-electron chi connectivity index (χ0n) is 10.0. The standard InChI is InChI=1S/C13H18O3/c1-4-13(14)11-5-7-12(8-6-11)16-9-10(2)15-3/h5-8,10H,4,9H2,1-3H3. The number of benzene rings is 1. The van der Waals surface area contributed by atoms with Gasteiger partial charge in [0.05, 0.1) is 6.10 Å². The Balaban J connectivity index is 2.54. The maximum absolute atomic E-state index is 11.4. The Kier molecular flexibility index (Phi) is 4.99. The highest BCUT2D eigenvalue weighted by molar-refractivity contribution is 5.95. The highest BCUT2D eigenvalue weighted by Crippen LogP contribution is 2.13. The Morgan fingerprint density at radius 2 is 1.94 bits per heavy atom. The molecule has 0 aromatic heterocycles. The molecule has 3 nitrogen and oxygen atoms in total. The molecule has 0 spiro atoms. The summed E-state index contributed by atoms with van der Waals surface area (Å²) in [5.41, 5.74) is 0.731. The van der Waals surface area contributed by atoms with Gasteiger partial charge in [-0.05, 0) is 31.2 Å². The number of carbonyl (C=O) groups excluding carboxylic acids is 1. The zero-order chi connectivity index (χ0) is 12.0. The van der Waals surface area contributed by atoms with E-state index in [1.54, 1.807) is 19.2 Å². The van der Waals surface area contributed by atoms with Gasteiger partial charge in [0, 0.05) is 19.1 Å². The molecule has 0 aliphatic heterocycles. The molecule has 0 fully saturated rings. The molecule has 0 saturated carbocycles. The topological polar surface area (TPSA) is 35.5 Å². The van der Waals surface area contributed by atoms with Crippen molar-refractivity contribution in [1.82, 2.24) is 0 Å². The average Bonchev–Trinajstić information content (AvgIpc) is 2.35. The molecule has 0 saturated heterocycles. The lowest BCUT2D eigenvalue weighted by Crippen LogP contribution is -2.15. The number of ether oxygens (including phenoxy) is 2. The summed E-state index contributed by atoms with van der Waals surface area (Å²) in [5, 5.41) is 0. The van der Waals surface area contributed by atoms with E-state index in [2.05, 4.69) is 0 Å². The maximum atomic E-state index is 11.4. The predicted molar refractivity (Wildman–Crippen MR) is 63.0 cm³/mol. The molecule has 1 unspecified atom stereocenters. The first-order valence-electron chi connectivity index (χ1n) is 5.46. The minimum absolute atomic E-state index is 0.0666. The number of ketones is 1. The molecule has 3 heteroatoms. The first kappa shape index (κ1) is 12.7. The summed E-state index contributed by atoms with van der Waals surface area (Å²) in [6, 6.07) is 7.20. The molecule has 16 heavy (non-hydrogen) atoms. The Bertz CT molecular complexity index is 330. The molecule has 1 rings (SSSR count). The van der Waals surface area contributed by atoms with Crippen molar-refractivity contribution in [2.75, 3.05) is 13.7 Å². The van der Waals surface area contributed by atoms with Crippen LogP contribution < -0.4 is 4.74 Å². The normalized spacial score (nSPS) is 12.2. The number of hydrogen-bond donors (Lipinski definition) is 0. The van der Waals surface area contributed by atoms with Crippen molar-refractivity contribution in [2.45, 2.75) is 26.4 Å². The van der Waals surface area contributed by atoms with Crippen LogP contribution in [0, 0.1) is 0 Å². The first-order chi connectivity index (χ1) is 7.67. The van der Waals surface area contributed by atoms with Gasteiger partial charge in [-0.3, -0.25) is 4.79 Å². The largest absolute Gasteiger partial charge is 0.491 e. The van der Waals surface area contributed by atoms with Crippen LogP contribution in [0.3, 0.4) is 0 Å². The van der Waals surface area contributed by atoms with E-state index in [4.69, 9.17) is 9.47 Å². The summed E-state index contributed by atoms with van der Waals surface area (Å²) in [5.74, 6) is 0.911. The van der Waals surface area contributed by atoms with Gasteiger partial charge in [0.1, 0.15) is 12.4 Å². The van der Waals surface area contributed by atoms with Crippen molar-refractivity contribution in [3.63, 3.8) is 0 Å². The number of Topliss-reactive ketones (excluding diaryl/α,β-unsaturated/α-hetero) is 1. The summed E-state index contributed by atoms with van der Waals surface area (Å²) < 4.78 is 10.6. The van der Waals surface area contributed by atoms with E-state index in [-0.39, 0.29) is 11.9 Å². The van der Waals surface area contributed by atoms with E-state index in [0.717, 1.165) is 11.3 Å². The number of rotatable bonds is 6. The molecule has 0 bridgehead atoms. The van der Waals surface area contributed by atoms with Gasteiger partial charge in [-0.2, -0.15) is 0 Å². The van der Waals surface area contributed by atoms with Gasteiger partial charge in [-0.1, -0.05) is 6.92 Å². The smallest absolute Gasteiger partial charge is 0.162 e. The fourth-order valence-corrected chi connectivity index (χ4v) is 1.22. The second kappa shape index (κ2) is 6.28. The molecule has 1 aromatic rings. The van der Waals surface area contributed by atoms with Crippen molar-refractivity contribution in [2.24, 2.45) is 0 Å². The third-order valence-electron chi connectivity index (χ3n) is 2.38. The van der Waals surface area contributed by atoms with Crippen LogP contribution in [0.15, 0.2) is 24.3 Å². The first-order valence-corrected chi connectivity index (χ1v) is 5.46. The minimum atomic E-state index is 0.0666. The SMILES string of the molecule is CCC(=O)c1ccc(OCC(C)OC)cc1. The van der Waals surface area contributed by atoms with Crippen molar-refractivity contribution in [3.8, 4) is 5.75 Å². The van der Waals surface area contributed by atoms with Gasteiger partial charge in [0.2, 0.25) is 0 Å². The molecule has 1 aromatic carbocycles. The fourth-order valence-electron chi connectivity index (χ4n) is 1.22. The summed E-state index contributed by atoms with van der Waals surface area (Å²) in [6.07, 6.45) is 0.595. The Morgan fingerprint density at radius 3 is 2.44 bits per heavy atom. The molecule has 1 atom stereocenters. The van der Waals surface area contributed by atoms with Gasteiger partial charge >= 0.3 is 0 Å². The van der Waals surface area contributed by atoms with Crippen molar-refractivity contribution in [1.29, 1.82) is 0 Å².